The lowest BCUT2D eigenvalue weighted by atomic mass is 10.1. The van der Waals surface area contributed by atoms with E-state index in [4.69, 9.17) is 9.53 Å². The minimum atomic E-state index is -0.831. The van der Waals surface area contributed by atoms with Gasteiger partial charge in [-0.15, -0.1) is 0 Å². The number of ether oxygens (including phenoxy) is 2. The summed E-state index contributed by atoms with van der Waals surface area (Å²) in [5, 5.41) is 0. The largest absolute Gasteiger partial charge is 0.471 e. The van der Waals surface area contributed by atoms with Crippen molar-refractivity contribution in [2.75, 3.05) is 26.8 Å². The zero-order chi connectivity index (χ0) is 13.4. The Morgan fingerprint density at radius 3 is 2.61 bits per heavy atom. The molecule has 18 heavy (non-hydrogen) atoms. The Morgan fingerprint density at radius 1 is 1.44 bits per heavy atom. The normalized spacial score (nSPS) is 27.1. The summed E-state index contributed by atoms with van der Waals surface area (Å²) < 4.78 is 22.1. The second-order valence-electron chi connectivity index (χ2n) is 4.36. The van der Waals surface area contributed by atoms with Crippen LogP contribution in [0.1, 0.15) is 25.7 Å². The van der Waals surface area contributed by atoms with Gasteiger partial charge in [-0.2, -0.15) is 0 Å². The zero-order valence-corrected chi connectivity index (χ0v) is 10.6. The molecule has 2 aliphatic heterocycles. The third-order valence-electron chi connectivity index (χ3n) is 2.99. The van der Waals surface area contributed by atoms with Gasteiger partial charge in [0.05, 0.1) is 13.7 Å². The van der Waals surface area contributed by atoms with Gasteiger partial charge in [0.1, 0.15) is 12.3 Å². The van der Waals surface area contributed by atoms with Crippen LogP contribution in [0.2, 0.25) is 0 Å². The molecule has 0 N–H and O–H groups in total. The second kappa shape index (κ2) is 8.02. The molecule has 0 aliphatic carbocycles. The van der Waals surface area contributed by atoms with Crippen LogP contribution in [-0.2, 0) is 19.1 Å². The van der Waals surface area contributed by atoms with Crippen molar-refractivity contribution in [2.45, 2.75) is 38.0 Å². The van der Waals surface area contributed by atoms with Crippen molar-refractivity contribution in [1.82, 2.24) is 4.90 Å². The van der Waals surface area contributed by atoms with Crippen LogP contribution in [0.4, 0.5) is 4.39 Å². The van der Waals surface area contributed by atoms with Gasteiger partial charge in [-0.3, -0.25) is 9.59 Å². The van der Waals surface area contributed by atoms with E-state index >= 15 is 0 Å². The predicted octanol–water partition coefficient (Wildman–Crippen LogP) is 0.915. The highest BCUT2D eigenvalue weighted by Gasteiger charge is 2.31. The lowest BCUT2D eigenvalue weighted by Gasteiger charge is -2.26. The Bertz CT molecular complexity index is 262. The minimum absolute atomic E-state index is 0.00940. The Balaban J connectivity index is 0.000000357. The SMILES string of the molecule is COC=O.O=C(C1CCCCO1)N1CCC(F)C1. The average molecular weight is 261 g/mol. The molecule has 0 aromatic carbocycles. The topological polar surface area (TPSA) is 55.8 Å². The van der Waals surface area contributed by atoms with E-state index in [2.05, 4.69) is 4.74 Å². The minimum Gasteiger partial charge on any atom is -0.471 e. The molecule has 1 amide bonds. The highest BCUT2D eigenvalue weighted by Crippen LogP contribution is 2.19. The number of hydrogen-bond donors (Lipinski definition) is 0. The molecule has 104 valence electrons. The molecule has 0 radical (unpaired) electrons. The van der Waals surface area contributed by atoms with Gasteiger partial charge in [-0.1, -0.05) is 0 Å². The average Bonchev–Trinajstić information content (AvgIpc) is 2.86. The number of carbonyl (C=O) groups is 2. The van der Waals surface area contributed by atoms with E-state index in [9.17, 15) is 9.18 Å². The van der Waals surface area contributed by atoms with Gasteiger partial charge in [-0.25, -0.2) is 4.39 Å². The third-order valence-corrected chi connectivity index (χ3v) is 2.99. The summed E-state index contributed by atoms with van der Waals surface area (Å²) in [6.07, 6.45) is 2.24. The molecule has 0 bridgehead atoms. The molecule has 0 aromatic heterocycles. The number of amides is 1. The molecule has 0 saturated carbocycles. The van der Waals surface area contributed by atoms with Crippen LogP contribution in [0.5, 0.6) is 0 Å². The van der Waals surface area contributed by atoms with Crippen LogP contribution in [0.25, 0.3) is 0 Å². The van der Waals surface area contributed by atoms with Gasteiger partial charge in [0.15, 0.2) is 0 Å². The molecule has 2 unspecified atom stereocenters. The van der Waals surface area contributed by atoms with Crippen molar-refractivity contribution in [3.8, 4) is 0 Å². The van der Waals surface area contributed by atoms with Crippen molar-refractivity contribution in [3.05, 3.63) is 0 Å². The summed E-state index contributed by atoms with van der Waals surface area (Å²) in [5.74, 6) is -0.00940. The number of methoxy groups -OCH3 is 1. The second-order valence-corrected chi connectivity index (χ2v) is 4.36. The molecule has 5 nitrogen and oxygen atoms in total. The summed E-state index contributed by atoms with van der Waals surface area (Å²) in [7, 11) is 1.31. The maximum absolute atomic E-state index is 12.9. The monoisotopic (exact) mass is 261 g/mol. The molecule has 2 fully saturated rings. The number of likely N-dealkylation sites (tertiary alicyclic amines) is 1. The summed E-state index contributed by atoms with van der Waals surface area (Å²) in [5.41, 5.74) is 0. The van der Waals surface area contributed by atoms with Crippen LogP contribution < -0.4 is 0 Å². The Labute approximate surface area is 106 Å². The number of alkyl halides is 1. The van der Waals surface area contributed by atoms with Crippen molar-refractivity contribution in [3.63, 3.8) is 0 Å². The number of halogens is 1. The standard InChI is InChI=1S/C10H16FNO2.C2H4O2/c11-8-4-5-12(7-8)10(13)9-3-1-2-6-14-9;1-4-2-3/h8-9H,1-7H2;2H,1H3. The fourth-order valence-corrected chi connectivity index (χ4v) is 2.06. The maximum atomic E-state index is 12.9. The van der Waals surface area contributed by atoms with E-state index in [1.165, 1.54) is 7.11 Å². The number of carbonyl (C=O) groups excluding carboxylic acids is 2. The molecule has 2 saturated heterocycles. The van der Waals surface area contributed by atoms with E-state index in [0.29, 0.717) is 26.0 Å². The highest BCUT2D eigenvalue weighted by atomic mass is 19.1. The van der Waals surface area contributed by atoms with E-state index in [1.54, 1.807) is 4.90 Å². The molecule has 2 aliphatic rings. The maximum Gasteiger partial charge on any atom is 0.292 e. The Hall–Kier alpha value is -1.17. The number of hydrogen-bond acceptors (Lipinski definition) is 4. The molecule has 6 heteroatoms. The van der Waals surface area contributed by atoms with Crippen LogP contribution >= 0.6 is 0 Å². The molecule has 2 rings (SSSR count). The first-order chi connectivity index (χ1) is 8.69. The van der Waals surface area contributed by atoms with Gasteiger partial charge in [-0.05, 0) is 25.7 Å². The van der Waals surface area contributed by atoms with Gasteiger partial charge in [0.25, 0.3) is 12.4 Å². The quantitative estimate of drug-likeness (QED) is 0.693. The van der Waals surface area contributed by atoms with E-state index in [1.807, 2.05) is 0 Å². The van der Waals surface area contributed by atoms with Gasteiger partial charge in [0.2, 0.25) is 0 Å². The molecule has 0 aromatic rings. The number of nitrogens with zero attached hydrogens (tertiary/aromatic N) is 1. The summed E-state index contributed by atoms with van der Waals surface area (Å²) in [6.45, 7) is 1.86. The van der Waals surface area contributed by atoms with Crippen LogP contribution in [0, 0.1) is 0 Å². The first-order valence-electron chi connectivity index (χ1n) is 6.20. The van der Waals surface area contributed by atoms with Crippen molar-refractivity contribution in [1.29, 1.82) is 0 Å². The summed E-state index contributed by atoms with van der Waals surface area (Å²) in [4.78, 5) is 22.3. The lowest BCUT2D eigenvalue weighted by Crippen LogP contribution is -2.40. The van der Waals surface area contributed by atoms with Gasteiger partial charge >= 0.3 is 0 Å². The lowest BCUT2D eigenvalue weighted by molar-refractivity contribution is -0.145. The van der Waals surface area contributed by atoms with E-state index in [-0.39, 0.29) is 18.6 Å². The summed E-state index contributed by atoms with van der Waals surface area (Å²) in [6, 6.07) is 0. The predicted molar refractivity (Wildman–Crippen MR) is 62.8 cm³/mol. The highest BCUT2D eigenvalue weighted by molar-refractivity contribution is 5.81. The fraction of sp³-hybridized carbons (Fsp3) is 0.833. The first kappa shape index (κ1) is 14.9. The first-order valence-corrected chi connectivity index (χ1v) is 6.20. The van der Waals surface area contributed by atoms with Crippen molar-refractivity contribution >= 4 is 12.4 Å². The molecule has 2 heterocycles. The Morgan fingerprint density at radius 2 is 2.17 bits per heavy atom. The van der Waals surface area contributed by atoms with Gasteiger partial charge < -0.3 is 14.4 Å². The van der Waals surface area contributed by atoms with Crippen LogP contribution in [0.15, 0.2) is 0 Å². The number of rotatable bonds is 2. The van der Waals surface area contributed by atoms with E-state index < -0.39 is 6.17 Å². The fourth-order valence-electron chi connectivity index (χ4n) is 2.06. The van der Waals surface area contributed by atoms with Crippen molar-refractivity contribution < 1.29 is 23.5 Å². The zero-order valence-electron chi connectivity index (χ0n) is 10.6. The van der Waals surface area contributed by atoms with Gasteiger partial charge in [0, 0.05) is 13.2 Å². The van der Waals surface area contributed by atoms with Crippen LogP contribution in [0.3, 0.4) is 0 Å². The molecule has 0 spiro atoms. The molecular formula is C12H20FNO4. The smallest absolute Gasteiger partial charge is 0.292 e. The van der Waals surface area contributed by atoms with E-state index in [0.717, 1.165) is 19.3 Å². The van der Waals surface area contributed by atoms with Crippen LogP contribution in [-0.4, -0.2) is 56.4 Å². The third kappa shape index (κ3) is 4.60. The summed E-state index contributed by atoms with van der Waals surface area (Å²) >= 11 is 0. The van der Waals surface area contributed by atoms with Crippen molar-refractivity contribution in [2.24, 2.45) is 0 Å². The Kier molecular flexibility index (Phi) is 6.64. The molecular weight excluding hydrogens is 241 g/mol. The molecule has 2 atom stereocenters.